The molecule has 0 saturated carbocycles. The van der Waals surface area contributed by atoms with E-state index in [-0.39, 0.29) is 0 Å². The van der Waals surface area contributed by atoms with Gasteiger partial charge in [0, 0.05) is 41.3 Å². The van der Waals surface area contributed by atoms with E-state index in [1.54, 1.807) is 0 Å². The number of hydrogen-bond donors (Lipinski definition) is 0. The van der Waals surface area contributed by atoms with Crippen LogP contribution in [0.25, 0.3) is 11.4 Å². The van der Waals surface area contributed by atoms with Gasteiger partial charge in [0.05, 0.1) is 6.20 Å². The molecule has 0 aliphatic carbocycles. The molecule has 4 nitrogen and oxygen atoms in total. The van der Waals surface area contributed by atoms with Crippen molar-refractivity contribution in [3.05, 3.63) is 58.2 Å². The molecule has 0 atom stereocenters. The van der Waals surface area contributed by atoms with Gasteiger partial charge in [-0.2, -0.15) is 5.10 Å². The maximum Gasteiger partial charge on any atom is 0.139 e. The molecular weight excluding hydrogens is 363 g/mol. The Balaban J connectivity index is 1.80. The summed E-state index contributed by atoms with van der Waals surface area (Å²) in [5.74, 6) is 1.02. The van der Waals surface area contributed by atoms with E-state index in [1.165, 1.54) is 9.13 Å². The molecule has 0 amide bonds. The highest BCUT2D eigenvalue weighted by atomic mass is 127. The molecule has 20 heavy (non-hydrogen) atoms. The van der Waals surface area contributed by atoms with Crippen molar-refractivity contribution in [2.45, 2.75) is 13.0 Å². The van der Waals surface area contributed by atoms with Crippen LogP contribution in [0.15, 0.2) is 49.1 Å². The minimum Gasteiger partial charge on any atom is -0.331 e. The fraction of sp³-hybridized carbons (Fsp3) is 0.200. The molecule has 0 spiro atoms. The van der Waals surface area contributed by atoms with E-state index in [9.17, 15) is 0 Å². The van der Waals surface area contributed by atoms with Crippen molar-refractivity contribution in [1.29, 1.82) is 0 Å². The van der Waals surface area contributed by atoms with Crippen molar-refractivity contribution in [1.82, 2.24) is 19.3 Å². The third-order valence-corrected chi connectivity index (χ3v) is 3.87. The van der Waals surface area contributed by atoms with Gasteiger partial charge < -0.3 is 4.57 Å². The van der Waals surface area contributed by atoms with E-state index in [2.05, 4.69) is 67.7 Å². The zero-order valence-electron chi connectivity index (χ0n) is 11.2. The number of hydrogen-bond acceptors (Lipinski definition) is 2. The normalized spacial score (nSPS) is 10.9. The standard InChI is InChI=1S/C15H15IN4/c1-19-11-12(10-18-19)5-7-20-8-6-17-15(20)13-3-2-4-14(16)9-13/h2-4,6,8-11H,5,7H2,1H3. The first-order chi connectivity index (χ1) is 9.72. The summed E-state index contributed by atoms with van der Waals surface area (Å²) in [5.41, 5.74) is 2.41. The zero-order chi connectivity index (χ0) is 13.9. The fourth-order valence-corrected chi connectivity index (χ4v) is 2.77. The average molecular weight is 378 g/mol. The Kier molecular flexibility index (Phi) is 3.86. The van der Waals surface area contributed by atoms with Gasteiger partial charge in [-0.05, 0) is 46.7 Å². The van der Waals surface area contributed by atoms with Crippen molar-refractivity contribution in [3.8, 4) is 11.4 Å². The number of halogens is 1. The van der Waals surface area contributed by atoms with Gasteiger partial charge in [-0.25, -0.2) is 4.98 Å². The Hall–Kier alpha value is -1.63. The number of nitrogens with zero attached hydrogens (tertiary/aromatic N) is 4. The largest absolute Gasteiger partial charge is 0.331 e. The molecule has 0 aliphatic heterocycles. The van der Waals surface area contributed by atoms with Crippen LogP contribution in [0.3, 0.4) is 0 Å². The Bertz CT molecular complexity index is 714. The second kappa shape index (κ2) is 5.78. The third kappa shape index (κ3) is 2.92. The third-order valence-electron chi connectivity index (χ3n) is 3.20. The lowest BCUT2D eigenvalue weighted by Gasteiger charge is -2.07. The molecule has 2 aromatic heterocycles. The maximum atomic E-state index is 4.48. The van der Waals surface area contributed by atoms with Crippen molar-refractivity contribution >= 4 is 22.6 Å². The van der Waals surface area contributed by atoms with E-state index >= 15 is 0 Å². The molecule has 3 rings (SSSR count). The molecule has 0 aliphatic rings. The summed E-state index contributed by atoms with van der Waals surface area (Å²) in [4.78, 5) is 4.48. The van der Waals surface area contributed by atoms with Crippen molar-refractivity contribution in [2.75, 3.05) is 0 Å². The summed E-state index contributed by atoms with van der Waals surface area (Å²) in [6.07, 6.45) is 8.83. The topological polar surface area (TPSA) is 35.6 Å². The van der Waals surface area contributed by atoms with Crippen molar-refractivity contribution < 1.29 is 0 Å². The van der Waals surface area contributed by atoms with Crippen LogP contribution in [0.5, 0.6) is 0 Å². The molecule has 102 valence electrons. The van der Waals surface area contributed by atoms with Crippen LogP contribution in [-0.2, 0) is 20.0 Å². The maximum absolute atomic E-state index is 4.48. The van der Waals surface area contributed by atoms with Crippen LogP contribution >= 0.6 is 22.6 Å². The number of rotatable bonds is 4. The second-order valence-corrected chi connectivity index (χ2v) is 5.97. The van der Waals surface area contributed by atoms with Crippen molar-refractivity contribution in [2.24, 2.45) is 7.05 Å². The molecule has 1 aromatic carbocycles. The van der Waals surface area contributed by atoms with E-state index in [1.807, 2.05) is 30.3 Å². The number of imidazole rings is 1. The molecule has 3 aromatic rings. The molecule has 0 bridgehead atoms. The van der Waals surface area contributed by atoms with Gasteiger partial charge in [-0.1, -0.05) is 12.1 Å². The highest BCUT2D eigenvalue weighted by Gasteiger charge is 2.06. The zero-order valence-corrected chi connectivity index (χ0v) is 13.4. The van der Waals surface area contributed by atoms with Gasteiger partial charge in [-0.3, -0.25) is 4.68 Å². The van der Waals surface area contributed by atoms with Crippen LogP contribution in [-0.4, -0.2) is 19.3 Å². The smallest absolute Gasteiger partial charge is 0.139 e. The summed E-state index contributed by atoms with van der Waals surface area (Å²) in [5, 5.41) is 4.20. The lowest BCUT2D eigenvalue weighted by molar-refractivity contribution is 0.701. The summed E-state index contributed by atoms with van der Waals surface area (Å²) in [7, 11) is 1.94. The van der Waals surface area contributed by atoms with Crippen molar-refractivity contribution in [3.63, 3.8) is 0 Å². The highest BCUT2D eigenvalue weighted by Crippen LogP contribution is 2.20. The SMILES string of the molecule is Cn1cc(CCn2ccnc2-c2cccc(I)c2)cn1. The fourth-order valence-electron chi connectivity index (χ4n) is 2.23. The lowest BCUT2D eigenvalue weighted by atomic mass is 10.2. The second-order valence-electron chi connectivity index (χ2n) is 4.73. The van der Waals surface area contributed by atoms with E-state index in [0.29, 0.717) is 0 Å². The molecule has 0 radical (unpaired) electrons. The quantitative estimate of drug-likeness (QED) is 0.654. The first-order valence-corrected chi connectivity index (χ1v) is 7.55. The summed E-state index contributed by atoms with van der Waals surface area (Å²) >= 11 is 2.33. The minimum absolute atomic E-state index is 0.909. The number of aromatic nitrogens is 4. The van der Waals surface area contributed by atoms with Crippen LogP contribution in [0, 0.1) is 3.57 Å². The molecule has 0 fully saturated rings. The number of aryl methyl sites for hydroxylation is 3. The van der Waals surface area contributed by atoms with E-state index in [0.717, 1.165) is 24.4 Å². The summed E-state index contributed by atoms with van der Waals surface area (Å²) in [6, 6.07) is 8.42. The van der Waals surface area contributed by atoms with Crippen LogP contribution in [0.4, 0.5) is 0 Å². The Morgan fingerprint density at radius 2 is 2.20 bits per heavy atom. The summed E-state index contributed by atoms with van der Waals surface area (Å²) in [6.45, 7) is 0.909. The van der Waals surface area contributed by atoms with E-state index in [4.69, 9.17) is 0 Å². The summed E-state index contributed by atoms with van der Waals surface area (Å²) < 4.78 is 5.25. The molecule has 0 saturated heterocycles. The predicted octanol–water partition coefficient (Wildman–Crippen LogP) is 3.13. The minimum atomic E-state index is 0.909. The van der Waals surface area contributed by atoms with Crippen LogP contribution < -0.4 is 0 Å². The van der Waals surface area contributed by atoms with Crippen LogP contribution in [0.1, 0.15) is 5.56 Å². The van der Waals surface area contributed by atoms with Crippen LogP contribution in [0.2, 0.25) is 0 Å². The van der Waals surface area contributed by atoms with Gasteiger partial charge in [0.15, 0.2) is 0 Å². The first-order valence-electron chi connectivity index (χ1n) is 6.47. The van der Waals surface area contributed by atoms with Gasteiger partial charge in [0.25, 0.3) is 0 Å². The van der Waals surface area contributed by atoms with Gasteiger partial charge >= 0.3 is 0 Å². The predicted molar refractivity (Wildman–Crippen MR) is 87.3 cm³/mol. The molecule has 0 N–H and O–H groups in total. The molecular formula is C15H15IN4. The first kappa shape index (κ1) is 13.4. The Labute approximate surface area is 131 Å². The highest BCUT2D eigenvalue weighted by molar-refractivity contribution is 14.1. The lowest BCUT2D eigenvalue weighted by Crippen LogP contribution is -2.02. The molecule has 2 heterocycles. The Morgan fingerprint density at radius 3 is 2.95 bits per heavy atom. The molecule has 5 heteroatoms. The van der Waals surface area contributed by atoms with Gasteiger partial charge in [0.2, 0.25) is 0 Å². The average Bonchev–Trinajstić information content (AvgIpc) is 3.05. The number of benzene rings is 1. The molecule has 0 unspecified atom stereocenters. The van der Waals surface area contributed by atoms with Gasteiger partial charge in [-0.15, -0.1) is 0 Å². The monoisotopic (exact) mass is 378 g/mol. The van der Waals surface area contributed by atoms with Gasteiger partial charge in [0.1, 0.15) is 5.82 Å². The Morgan fingerprint density at radius 1 is 1.30 bits per heavy atom. The van der Waals surface area contributed by atoms with E-state index < -0.39 is 0 Å².